The van der Waals surface area contributed by atoms with Gasteiger partial charge < -0.3 is 4.74 Å². The Bertz CT molecular complexity index is 648. The zero-order valence-corrected chi connectivity index (χ0v) is 10.9. The smallest absolute Gasteiger partial charge is 0.133 e. The lowest BCUT2D eigenvalue weighted by Crippen LogP contribution is -2.03. The minimum absolute atomic E-state index is 0.0744. The highest BCUT2D eigenvalue weighted by Crippen LogP contribution is 2.28. The molecular weight excluding hydrogens is 242 g/mol. The van der Waals surface area contributed by atoms with Gasteiger partial charge in [-0.1, -0.05) is 30.3 Å². The highest BCUT2D eigenvalue weighted by Gasteiger charge is 2.15. The van der Waals surface area contributed by atoms with Gasteiger partial charge in [0.05, 0.1) is 11.2 Å². The van der Waals surface area contributed by atoms with Crippen molar-refractivity contribution < 1.29 is 4.74 Å². The standard InChI is InChI=1S/C15H13NOS/c1-17-15(14-7-4-10-18-14)13-9-8-11-5-2-3-6-12(11)16-13/h2-10,15H,1H3. The van der Waals surface area contributed by atoms with E-state index in [4.69, 9.17) is 4.74 Å². The van der Waals surface area contributed by atoms with Crippen LogP contribution in [-0.4, -0.2) is 12.1 Å². The molecule has 3 aromatic rings. The first-order valence-corrected chi connectivity index (χ1v) is 6.68. The number of pyridine rings is 1. The molecule has 0 aliphatic rings. The van der Waals surface area contributed by atoms with Crippen LogP contribution in [0.4, 0.5) is 0 Å². The number of methoxy groups -OCH3 is 1. The first kappa shape index (κ1) is 11.4. The van der Waals surface area contributed by atoms with Gasteiger partial charge in [-0.25, -0.2) is 4.98 Å². The predicted octanol–water partition coefficient (Wildman–Crippen LogP) is 4.03. The Kier molecular flexibility index (Phi) is 3.09. The van der Waals surface area contributed by atoms with E-state index in [9.17, 15) is 0 Å². The molecule has 0 amide bonds. The third kappa shape index (κ3) is 2.03. The number of ether oxygens (including phenoxy) is 1. The molecule has 2 heterocycles. The molecule has 0 aliphatic heterocycles. The highest BCUT2D eigenvalue weighted by molar-refractivity contribution is 7.10. The van der Waals surface area contributed by atoms with Gasteiger partial charge in [-0.2, -0.15) is 0 Å². The van der Waals surface area contributed by atoms with Crippen LogP contribution in [0, 0.1) is 0 Å². The summed E-state index contributed by atoms with van der Waals surface area (Å²) < 4.78 is 5.58. The van der Waals surface area contributed by atoms with Crippen molar-refractivity contribution in [2.75, 3.05) is 7.11 Å². The maximum absolute atomic E-state index is 5.58. The molecule has 0 saturated carbocycles. The summed E-state index contributed by atoms with van der Waals surface area (Å²) in [5.74, 6) is 0. The average Bonchev–Trinajstić information content (AvgIpc) is 2.93. The zero-order chi connectivity index (χ0) is 12.4. The lowest BCUT2D eigenvalue weighted by Gasteiger charge is -2.13. The van der Waals surface area contributed by atoms with Crippen LogP contribution in [0.2, 0.25) is 0 Å². The van der Waals surface area contributed by atoms with Crippen molar-refractivity contribution in [3.63, 3.8) is 0 Å². The second kappa shape index (κ2) is 4.88. The fourth-order valence-corrected chi connectivity index (χ4v) is 2.86. The highest BCUT2D eigenvalue weighted by atomic mass is 32.1. The quantitative estimate of drug-likeness (QED) is 0.705. The van der Waals surface area contributed by atoms with E-state index in [2.05, 4.69) is 28.6 Å². The van der Waals surface area contributed by atoms with Gasteiger partial charge in [-0.3, -0.25) is 0 Å². The van der Waals surface area contributed by atoms with Crippen molar-refractivity contribution in [1.82, 2.24) is 4.98 Å². The van der Waals surface area contributed by atoms with Crippen LogP contribution in [0.15, 0.2) is 53.9 Å². The molecule has 1 atom stereocenters. The summed E-state index contributed by atoms with van der Waals surface area (Å²) in [7, 11) is 1.72. The number of hydrogen-bond donors (Lipinski definition) is 0. The van der Waals surface area contributed by atoms with E-state index in [1.54, 1.807) is 18.4 Å². The molecule has 0 radical (unpaired) electrons. The summed E-state index contributed by atoms with van der Waals surface area (Å²) in [6, 6.07) is 16.4. The van der Waals surface area contributed by atoms with E-state index in [-0.39, 0.29) is 6.10 Å². The first-order chi connectivity index (χ1) is 8.88. The maximum Gasteiger partial charge on any atom is 0.133 e. The minimum Gasteiger partial charge on any atom is -0.370 e. The SMILES string of the molecule is COC(c1ccc2ccccc2n1)c1cccs1. The summed E-state index contributed by atoms with van der Waals surface area (Å²) in [5, 5.41) is 3.21. The molecule has 2 nitrogen and oxygen atoms in total. The number of hydrogen-bond acceptors (Lipinski definition) is 3. The van der Waals surface area contributed by atoms with Crippen molar-refractivity contribution in [3.8, 4) is 0 Å². The first-order valence-electron chi connectivity index (χ1n) is 5.80. The predicted molar refractivity (Wildman–Crippen MR) is 74.9 cm³/mol. The van der Waals surface area contributed by atoms with Gasteiger partial charge >= 0.3 is 0 Å². The van der Waals surface area contributed by atoms with Crippen molar-refractivity contribution in [2.45, 2.75) is 6.10 Å². The van der Waals surface area contributed by atoms with E-state index in [0.717, 1.165) is 16.6 Å². The van der Waals surface area contributed by atoms with Crippen LogP contribution in [0.25, 0.3) is 10.9 Å². The third-order valence-corrected chi connectivity index (χ3v) is 3.84. The second-order valence-corrected chi connectivity index (χ2v) is 5.04. The van der Waals surface area contributed by atoms with Gasteiger partial charge in [0.2, 0.25) is 0 Å². The van der Waals surface area contributed by atoms with E-state index in [1.165, 1.54) is 4.88 Å². The topological polar surface area (TPSA) is 22.1 Å². The molecule has 18 heavy (non-hydrogen) atoms. The van der Waals surface area contributed by atoms with E-state index < -0.39 is 0 Å². The number of thiophene rings is 1. The van der Waals surface area contributed by atoms with Crippen LogP contribution in [0.3, 0.4) is 0 Å². The Morgan fingerprint density at radius 3 is 2.72 bits per heavy atom. The summed E-state index contributed by atoms with van der Waals surface area (Å²) in [6.07, 6.45) is -0.0744. The molecule has 0 bridgehead atoms. The molecule has 90 valence electrons. The van der Waals surface area contributed by atoms with Gasteiger partial charge in [0.15, 0.2) is 0 Å². The van der Waals surface area contributed by atoms with Gasteiger partial charge in [0, 0.05) is 17.4 Å². The van der Waals surface area contributed by atoms with Gasteiger partial charge in [-0.05, 0) is 23.6 Å². The van der Waals surface area contributed by atoms with Crippen molar-refractivity contribution in [1.29, 1.82) is 0 Å². The van der Waals surface area contributed by atoms with Crippen molar-refractivity contribution in [2.24, 2.45) is 0 Å². The van der Waals surface area contributed by atoms with Crippen molar-refractivity contribution in [3.05, 3.63) is 64.5 Å². The van der Waals surface area contributed by atoms with Crippen LogP contribution in [-0.2, 0) is 4.74 Å². The summed E-state index contributed by atoms with van der Waals surface area (Å²) >= 11 is 1.69. The van der Waals surface area contributed by atoms with Gasteiger partial charge in [-0.15, -0.1) is 11.3 Å². The molecule has 0 fully saturated rings. The fourth-order valence-electron chi connectivity index (χ4n) is 2.05. The van der Waals surface area contributed by atoms with Crippen LogP contribution >= 0.6 is 11.3 Å². The average molecular weight is 255 g/mol. The van der Waals surface area contributed by atoms with Gasteiger partial charge in [0.25, 0.3) is 0 Å². The Morgan fingerprint density at radius 1 is 1.06 bits per heavy atom. The molecule has 3 rings (SSSR count). The number of benzene rings is 1. The lowest BCUT2D eigenvalue weighted by atomic mass is 10.1. The normalized spacial score (nSPS) is 12.7. The Labute approximate surface area is 110 Å². The van der Waals surface area contributed by atoms with E-state index >= 15 is 0 Å². The Morgan fingerprint density at radius 2 is 1.94 bits per heavy atom. The molecular formula is C15H13NOS. The van der Waals surface area contributed by atoms with Crippen LogP contribution < -0.4 is 0 Å². The molecule has 3 heteroatoms. The molecule has 0 aliphatic carbocycles. The summed E-state index contributed by atoms with van der Waals surface area (Å²) in [5.41, 5.74) is 1.97. The number of nitrogens with zero attached hydrogens (tertiary/aromatic N) is 1. The van der Waals surface area contributed by atoms with Crippen LogP contribution in [0.5, 0.6) is 0 Å². The number of rotatable bonds is 3. The molecule has 0 N–H and O–H groups in total. The molecule has 0 spiro atoms. The largest absolute Gasteiger partial charge is 0.370 e. The fraction of sp³-hybridized carbons (Fsp3) is 0.133. The Balaban J connectivity index is 2.07. The molecule has 1 unspecified atom stereocenters. The number of fused-ring (bicyclic) bond motifs is 1. The summed E-state index contributed by atoms with van der Waals surface area (Å²) in [4.78, 5) is 5.86. The zero-order valence-electron chi connectivity index (χ0n) is 10.0. The van der Waals surface area contributed by atoms with Crippen molar-refractivity contribution >= 4 is 22.2 Å². The van der Waals surface area contributed by atoms with E-state index in [0.29, 0.717) is 0 Å². The maximum atomic E-state index is 5.58. The summed E-state index contributed by atoms with van der Waals surface area (Å²) in [6.45, 7) is 0. The minimum atomic E-state index is -0.0744. The number of aromatic nitrogens is 1. The second-order valence-electron chi connectivity index (χ2n) is 4.06. The molecule has 0 saturated heterocycles. The lowest BCUT2D eigenvalue weighted by molar-refractivity contribution is 0.136. The Hall–Kier alpha value is -1.71. The third-order valence-electron chi connectivity index (χ3n) is 2.93. The monoisotopic (exact) mass is 255 g/mol. The molecule has 1 aromatic carbocycles. The number of para-hydroxylation sites is 1. The van der Waals surface area contributed by atoms with E-state index in [1.807, 2.05) is 30.3 Å². The molecule has 2 aromatic heterocycles. The van der Waals surface area contributed by atoms with Crippen LogP contribution in [0.1, 0.15) is 16.7 Å². The van der Waals surface area contributed by atoms with Gasteiger partial charge in [0.1, 0.15) is 6.10 Å².